The van der Waals surface area contributed by atoms with Gasteiger partial charge in [0.05, 0.1) is 16.6 Å². The first kappa shape index (κ1) is 21.1. The smallest absolute Gasteiger partial charge is 0.266 e. The van der Waals surface area contributed by atoms with Gasteiger partial charge in [-0.05, 0) is 44.0 Å². The molecule has 7 heteroatoms. The van der Waals surface area contributed by atoms with Crippen LogP contribution in [0.25, 0.3) is 16.6 Å². The fraction of sp³-hybridized carbons (Fsp3) is 0.318. The van der Waals surface area contributed by atoms with Crippen molar-refractivity contribution in [3.63, 3.8) is 0 Å². The molecule has 0 fully saturated rings. The highest BCUT2D eigenvalue weighted by Gasteiger charge is 2.13. The van der Waals surface area contributed by atoms with E-state index >= 15 is 0 Å². The minimum atomic E-state index is -0.346. The monoisotopic (exact) mass is 411 g/mol. The van der Waals surface area contributed by atoms with Crippen LogP contribution in [0.4, 0.5) is 0 Å². The minimum absolute atomic E-state index is 0.0533. The van der Waals surface area contributed by atoms with E-state index in [-0.39, 0.29) is 11.5 Å². The quantitative estimate of drug-likeness (QED) is 0.181. The van der Waals surface area contributed by atoms with E-state index in [2.05, 4.69) is 0 Å². The Hall–Kier alpha value is -2.64. The van der Waals surface area contributed by atoms with E-state index in [1.54, 1.807) is 21.8 Å². The molecule has 6 nitrogen and oxygen atoms in total. The van der Waals surface area contributed by atoms with E-state index in [0.29, 0.717) is 22.5 Å². The first-order valence-electron chi connectivity index (χ1n) is 9.74. The molecule has 2 N–H and O–H groups in total. The molecule has 0 saturated heterocycles. The Morgan fingerprint density at radius 3 is 2.62 bits per heavy atom. The molecule has 0 aliphatic rings. The van der Waals surface area contributed by atoms with Gasteiger partial charge < -0.3 is 0 Å². The zero-order valence-electron chi connectivity index (χ0n) is 16.4. The van der Waals surface area contributed by atoms with Crippen molar-refractivity contribution < 1.29 is 10.0 Å². The molecule has 0 spiro atoms. The highest BCUT2D eigenvalue weighted by molar-refractivity contribution is 7.99. The number of hydrogen-bond donors (Lipinski definition) is 2. The number of carbonyl (C=O) groups is 1. The molecular formula is C22H25N3O3S. The van der Waals surface area contributed by atoms with Gasteiger partial charge in [0.2, 0.25) is 5.91 Å². The number of aromatic nitrogens is 2. The molecule has 1 heterocycles. The Labute approximate surface area is 173 Å². The Balaban J connectivity index is 1.75. The van der Waals surface area contributed by atoms with Crippen molar-refractivity contribution in [3.05, 3.63) is 64.4 Å². The lowest BCUT2D eigenvalue weighted by atomic mass is 10.1. The largest absolute Gasteiger partial charge is 0.289 e. The lowest BCUT2D eigenvalue weighted by Crippen LogP contribution is -2.22. The number of hydroxylamine groups is 1. The van der Waals surface area contributed by atoms with Crippen LogP contribution < -0.4 is 11.0 Å². The van der Waals surface area contributed by atoms with Crippen LogP contribution in [0.15, 0.2) is 58.5 Å². The van der Waals surface area contributed by atoms with Gasteiger partial charge in [0.15, 0.2) is 5.16 Å². The van der Waals surface area contributed by atoms with Gasteiger partial charge in [-0.15, -0.1) is 0 Å². The number of hydrogen-bond acceptors (Lipinski definition) is 5. The number of para-hydroxylation sites is 1. The summed E-state index contributed by atoms with van der Waals surface area (Å²) in [7, 11) is 0. The predicted molar refractivity (Wildman–Crippen MR) is 116 cm³/mol. The van der Waals surface area contributed by atoms with E-state index in [4.69, 9.17) is 10.2 Å². The normalized spacial score (nSPS) is 11.0. The summed E-state index contributed by atoms with van der Waals surface area (Å²) in [6, 6.07) is 15.4. The van der Waals surface area contributed by atoms with Crippen LogP contribution in [0.5, 0.6) is 0 Å². The maximum absolute atomic E-state index is 13.2. The third-order valence-electron chi connectivity index (χ3n) is 4.66. The molecule has 0 radical (unpaired) electrons. The van der Waals surface area contributed by atoms with E-state index in [9.17, 15) is 9.59 Å². The molecule has 0 aliphatic carbocycles. The Kier molecular flexibility index (Phi) is 7.43. The summed E-state index contributed by atoms with van der Waals surface area (Å²) in [5, 5.41) is 9.81. The van der Waals surface area contributed by atoms with Gasteiger partial charge in [-0.2, -0.15) is 0 Å². The molecule has 29 heavy (non-hydrogen) atoms. The molecule has 0 atom stereocenters. The van der Waals surface area contributed by atoms with Gasteiger partial charge in [-0.25, -0.2) is 10.5 Å². The number of carbonyl (C=O) groups excluding carboxylic acids is 1. The maximum Gasteiger partial charge on any atom is 0.266 e. The lowest BCUT2D eigenvalue weighted by Gasteiger charge is -2.13. The molecule has 152 valence electrons. The second-order valence-electron chi connectivity index (χ2n) is 6.94. The fourth-order valence-corrected chi connectivity index (χ4v) is 4.15. The van der Waals surface area contributed by atoms with Gasteiger partial charge in [-0.3, -0.25) is 19.4 Å². The molecule has 1 amide bonds. The summed E-state index contributed by atoms with van der Waals surface area (Å²) in [6.07, 6.45) is 3.95. The van der Waals surface area contributed by atoms with Crippen LogP contribution in [-0.4, -0.2) is 26.4 Å². The summed E-state index contributed by atoms with van der Waals surface area (Å²) in [5.74, 6) is 0.491. The third kappa shape index (κ3) is 5.46. The van der Waals surface area contributed by atoms with Crippen LogP contribution in [0.1, 0.15) is 37.7 Å². The molecule has 0 saturated carbocycles. The van der Waals surface area contributed by atoms with Crippen LogP contribution in [-0.2, 0) is 4.79 Å². The molecule has 1 aromatic heterocycles. The van der Waals surface area contributed by atoms with Crippen molar-refractivity contribution in [3.8, 4) is 5.69 Å². The number of rotatable bonds is 9. The predicted octanol–water partition coefficient (Wildman–Crippen LogP) is 4.24. The molecule has 0 unspecified atom stereocenters. The zero-order chi connectivity index (χ0) is 20.6. The van der Waals surface area contributed by atoms with Crippen molar-refractivity contribution >= 4 is 28.6 Å². The lowest BCUT2D eigenvalue weighted by molar-refractivity contribution is -0.129. The first-order valence-corrected chi connectivity index (χ1v) is 10.7. The second-order valence-corrected chi connectivity index (χ2v) is 8.00. The molecule has 3 rings (SSSR count). The van der Waals surface area contributed by atoms with E-state index in [1.165, 1.54) is 0 Å². The number of aryl methyl sites for hydroxylation is 1. The second kappa shape index (κ2) is 10.2. The standard InChI is InChI=1S/C22H25N3O3S/c1-16-12-13-19-18(15-16)21(27)25(17-9-5-4-6-10-17)22(23-19)29-14-8-3-2-7-11-20(26)24-28/h4-6,9-10,12-13,15,28H,2-3,7-8,11,14H2,1H3,(H,24,26). The summed E-state index contributed by atoms with van der Waals surface area (Å²) in [5.41, 5.74) is 4.15. The molecular weight excluding hydrogens is 386 g/mol. The van der Waals surface area contributed by atoms with Crippen molar-refractivity contribution in [2.45, 2.75) is 44.2 Å². The van der Waals surface area contributed by atoms with Crippen molar-refractivity contribution in [2.24, 2.45) is 0 Å². The first-order chi connectivity index (χ1) is 14.1. The fourth-order valence-electron chi connectivity index (χ4n) is 3.14. The minimum Gasteiger partial charge on any atom is -0.289 e. The SMILES string of the molecule is Cc1ccc2nc(SCCCCCCC(=O)NO)n(-c3ccccc3)c(=O)c2c1. The van der Waals surface area contributed by atoms with Crippen molar-refractivity contribution in [1.29, 1.82) is 0 Å². The summed E-state index contributed by atoms with van der Waals surface area (Å²) < 4.78 is 1.69. The molecule has 3 aromatic rings. The number of nitrogens with zero attached hydrogens (tertiary/aromatic N) is 2. The number of thioether (sulfide) groups is 1. The maximum atomic E-state index is 13.2. The average Bonchev–Trinajstić information content (AvgIpc) is 2.74. The van der Waals surface area contributed by atoms with Crippen LogP contribution >= 0.6 is 11.8 Å². The van der Waals surface area contributed by atoms with Crippen LogP contribution in [0.2, 0.25) is 0 Å². The van der Waals surface area contributed by atoms with Gasteiger partial charge in [-0.1, -0.05) is 54.4 Å². The number of nitrogens with one attached hydrogen (secondary N) is 1. The van der Waals surface area contributed by atoms with Gasteiger partial charge in [0.1, 0.15) is 0 Å². The third-order valence-corrected chi connectivity index (χ3v) is 5.69. The molecule has 0 bridgehead atoms. The number of benzene rings is 2. The average molecular weight is 412 g/mol. The van der Waals surface area contributed by atoms with Gasteiger partial charge in [0, 0.05) is 12.2 Å². The Bertz CT molecular complexity index is 1030. The van der Waals surface area contributed by atoms with Crippen molar-refractivity contribution in [1.82, 2.24) is 15.0 Å². The molecule has 2 aromatic carbocycles. The highest BCUT2D eigenvalue weighted by atomic mass is 32.2. The number of unbranched alkanes of at least 4 members (excludes halogenated alkanes) is 3. The topological polar surface area (TPSA) is 84.2 Å². The summed E-state index contributed by atoms with van der Waals surface area (Å²) in [4.78, 5) is 29.0. The van der Waals surface area contributed by atoms with E-state index in [1.807, 2.05) is 55.5 Å². The van der Waals surface area contributed by atoms with E-state index in [0.717, 1.165) is 42.7 Å². The highest BCUT2D eigenvalue weighted by Crippen LogP contribution is 2.23. The van der Waals surface area contributed by atoms with E-state index < -0.39 is 0 Å². The summed E-state index contributed by atoms with van der Waals surface area (Å²) >= 11 is 1.58. The van der Waals surface area contributed by atoms with Crippen LogP contribution in [0, 0.1) is 6.92 Å². The number of fused-ring (bicyclic) bond motifs is 1. The van der Waals surface area contributed by atoms with Crippen molar-refractivity contribution in [2.75, 3.05) is 5.75 Å². The van der Waals surface area contributed by atoms with Gasteiger partial charge >= 0.3 is 0 Å². The Morgan fingerprint density at radius 2 is 1.86 bits per heavy atom. The molecule has 0 aliphatic heterocycles. The van der Waals surface area contributed by atoms with Gasteiger partial charge in [0.25, 0.3) is 5.56 Å². The number of amides is 1. The zero-order valence-corrected chi connectivity index (χ0v) is 17.2. The Morgan fingerprint density at radius 1 is 1.10 bits per heavy atom. The summed E-state index contributed by atoms with van der Waals surface area (Å²) in [6.45, 7) is 1.97. The van der Waals surface area contributed by atoms with Crippen LogP contribution in [0.3, 0.4) is 0 Å².